The molecule has 0 spiro atoms. The molecule has 5 N–H and O–H groups in total. The number of nitrogens with two attached hydrogens (primary N) is 2. The van der Waals surface area contributed by atoms with Gasteiger partial charge in [0, 0.05) is 24.5 Å². The van der Waals surface area contributed by atoms with E-state index in [1.54, 1.807) is 17.7 Å². The number of hydrogen-bond acceptors (Lipinski definition) is 6. The number of rotatable bonds is 5. The van der Waals surface area contributed by atoms with Gasteiger partial charge < -0.3 is 16.0 Å². The minimum Gasteiger partial charge on any atom is -0.368 e. The van der Waals surface area contributed by atoms with E-state index < -0.39 is 5.54 Å². The number of hydrogen-bond donors (Lipinski definition) is 3. The number of amides is 2. The number of primary amides is 2. The molecule has 7 nitrogen and oxygen atoms in total. The molecule has 1 fully saturated rings. The number of piperidine rings is 1. The Morgan fingerprint density at radius 1 is 1.35 bits per heavy atom. The number of benzene rings is 1. The number of quaternary nitrogens is 1. The standard InChI is InChI=1S/C17H20BrN5O2S/c1-20-17(15(19)25)6-8-23(9-7-17)13-5-3-2-4-11(13)21-14(24)12-10-26-16(18)22-12/h2-5,10,20H,6-9H2,1H3,(H2,19,25)(H,21,24)/p+1. The van der Waals surface area contributed by atoms with E-state index in [1.807, 2.05) is 24.3 Å². The van der Waals surface area contributed by atoms with Crippen LogP contribution in [0, 0.1) is 0 Å². The molecule has 9 heteroatoms. The Morgan fingerprint density at radius 2 is 2.04 bits per heavy atom. The van der Waals surface area contributed by atoms with Crippen molar-refractivity contribution in [2.24, 2.45) is 5.73 Å². The van der Waals surface area contributed by atoms with Gasteiger partial charge in [-0.1, -0.05) is 12.1 Å². The minimum absolute atomic E-state index is 0.127. The predicted octanol–water partition coefficient (Wildman–Crippen LogP) is 0.985. The second-order valence-electron chi connectivity index (χ2n) is 6.24. The van der Waals surface area contributed by atoms with Gasteiger partial charge in [0.05, 0.1) is 5.69 Å². The van der Waals surface area contributed by atoms with Gasteiger partial charge in [-0.05, 0) is 41.9 Å². The van der Waals surface area contributed by atoms with Crippen molar-refractivity contribution in [3.63, 3.8) is 0 Å². The number of likely N-dealkylation sites (N-methyl/N-ethyl adjacent to an activating group) is 1. The average molecular weight is 439 g/mol. The van der Waals surface area contributed by atoms with Crippen molar-refractivity contribution >= 4 is 50.5 Å². The Kier molecular flexibility index (Phi) is 5.71. The molecule has 1 aromatic carbocycles. The molecule has 0 saturated carbocycles. The predicted molar refractivity (Wildman–Crippen MR) is 105 cm³/mol. The van der Waals surface area contributed by atoms with Crippen molar-refractivity contribution in [2.45, 2.75) is 18.4 Å². The third kappa shape index (κ3) is 3.80. The molecule has 1 aliphatic rings. The van der Waals surface area contributed by atoms with Crippen LogP contribution in [0.25, 0.3) is 0 Å². The van der Waals surface area contributed by atoms with Crippen LogP contribution >= 0.6 is 27.3 Å². The molecule has 2 amide bonds. The highest BCUT2D eigenvalue weighted by Gasteiger charge is 2.39. The number of carbonyl (C=O) groups excluding carboxylic acids is 2. The third-order valence-electron chi connectivity index (χ3n) is 4.86. The number of para-hydroxylation sites is 2. The quantitative estimate of drug-likeness (QED) is 0.603. The number of aromatic nitrogens is 1. The van der Waals surface area contributed by atoms with E-state index in [-0.39, 0.29) is 11.8 Å². The number of nitrogens with zero attached hydrogens (tertiary/aromatic N) is 2. The molecule has 0 atom stereocenters. The molecule has 2 heterocycles. The lowest BCUT2D eigenvalue weighted by atomic mass is 9.86. The maximum absolute atomic E-state index is 12.5. The second kappa shape index (κ2) is 7.83. The fraction of sp³-hybridized carbons (Fsp3) is 0.353. The Bertz CT molecular complexity index is 817. The SMILES string of the molecule is CNC1(C(N)=O)CCN(c2ccccc2[NH2+]C(=O)c2csc(Br)n2)CC1. The highest BCUT2D eigenvalue weighted by Crippen LogP contribution is 2.29. The van der Waals surface area contributed by atoms with E-state index >= 15 is 0 Å². The zero-order valence-corrected chi connectivity index (χ0v) is 16.8. The lowest BCUT2D eigenvalue weighted by molar-refractivity contribution is -0.463. The maximum Gasteiger partial charge on any atom is 0.367 e. The fourth-order valence-corrected chi connectivity index (χ4v) is 4.23. The number of halogens is 1. The zero-order chi connectivity index (χ0) is 18.7. The van der Waals surface area contributed by atoms with Crippen molar-refractivity contribution in [1.82, 2.24) is 10.3 Å². The van der Waals surface area contributed by atoms with Gasteiger partial charge in [0.2, 0.25) is 5.91 Å². The number of nitrogens with one attached hydrogen (secondary N) is 1. The Balaban J connectivity index is 1.76. The van der Waals surface area contributed by atoms with Crippen LogP contribution in [0.15, 0.2) is 33.6 Å². The van der Waals surface area contributed by atoms with Gasteiger partial charge in [0.25, 0.3) is 0 Å². The Hall–Kier alpha value is -1.81. The van der Waals surface area contributed by atoms with E-state index in [1.165, 1.54) is 11.3 Å². The van der Waals surface area contributed by atoms with Crippen LogP contribution in [0.1, 0.15) is 23.3 Å². The van der Waals surface area contributed by atoms with Crippen LogP contribution < -0.4 is 21.3 Å². The third-order valence-corrected chi connectivity index (χ3v) is 6.22. The summed E-state index contributed by atoms with van der Waals surface area (Å²) in [6, 6.07) is 7.77. The molecule has 26 heavy (non-hydrogen) atoms. The van der Waals surface area contributed by atoms with Gasteiger partial charge in [0.1, 0.15) is 5.54 Å². The molecule has 1 aromatic heterocycles. The molecule has 2 aromatic rings. The normalized spacial score (nSPS) is 16.5. The van der Waals surface area contributed by atoms with Gasteiger partial charge in [-0.2, -0.15) is 0 Å². The largest absolute Gasteiger partial charge is 0.368 e. The maximum atomic E-state index is 12.5. The van der Waals surface area contributed by atoms with E-state index in [4.69, 9.17) is 5.73 Å². The summed E-state index contributed by atoms with van der Waals surface area (Å²) < 4.78 is 0.688. The van der Waals surface area contributed by atoms with Crippen LogP contribution in [0.2, 0.25) is 0 Å². The molecule has 0 unspecified atom stereocenters. The Morgan fingerprint density at radius 3 is 2.62 bits per heavy atom. The van der Waals surface area contributed by atoms with Gasteiger partial charge in [-0.3, -0.25) is 4.79 Å². The second-order valence-corrected chi connectivity index (χ2v) is 8.37. The fourth-order valence-electron chi connectivity index (χ4n) is 3.23. The summed E-state index contributed by atoms with van der Waals surface area (Å²) in [4.78, 5) is 30.7. The van der Waals surface area contributed by atoms with Crippen molar-refractivity contribution in [2.75, 3.05) is 25.0 Å². The van der Waals surface area contributed by atoms with E-state index in [0.29, 0.717) is 35.5 Å². The summed E-state index contributed by atoms with van der Waals surface area (Å²) in [6.45, 7) is 1.37. The van der Waals surface area contributed by atoms with Gasteiger partial charge >= 0.3 is 5.91 Å². The van der Waals surface area contributed by atoms with E-state index in [2.05, 4.69) is 31.1 Å². The van der Waals surface area contributed by atoms with Gasteiger partial charge in [-0.25, -0.2) is 15.1 Å². The van der Waals surface area contributed by atoms with Crippen molar-refractivity contribution < 1.29 is 14.9 Å². The molecule has 3 rings (SSSR count). The van der Waals surface area contributed by atoms with Crippen LogP contribution in [0.3, 0.4) is 0 Å². The first kappa shape index (κ1) is 19.0. The number of carbonyl (C=O) groups is 2. The lowest BCUT2D eigenvalue weighted by Crippen LogP contribution is -2.82. The summed E-state index contributed by atoms with van der Waals surface area (Å²) in [5.41, 5.74) is 7.17. The molecule has 0 bridgehead atoms. The molecular formula is C17H21BrN5O2S+. The first-order valence-electron chi connectivity index (χ1n) is 8.28. The molecular weight excluding hydrogens is 418 g/mol. The number of thiazole rings is 1. The van der Waals surface area contributed by atoms with E-state index in [0.717, 1.165) is 11.4 Å². The van der Waals surface area contributed by atoms with Gasteiger partial charge in [0.15, 0.2) is 15.3 Å². The van der Waals surface area contributed by atoms with Crippen molar-refractivity contribution in [3.8, 4) is 0 Å². The summed E-state index contributed by atoms with van der Waals surface area (Å²) >= 11 is 4.67. The summed E-state index contributed by atoms with van der Waals surface area (Å²) in [7, 11) is 1.77. The van der Waals surface area contributed by atoms with Crippen molar-refractivity contribution in [3.05, 3.63) is 39.3 Å². The molecule has 0 aliphatic carbocycles. The molecule has 1 aliphatic heterocycles. The summed E-state index contributed by atoms with van der Waals surface area (Å²) in [5.74, 6) is -0.443. The molecule has 138 valence electrons. The monoisotopic (exact) mass is 438 g/mol. The number of anilines is 1. The zero-order valence-electron chi connectivity index (χ0n) is 14.4. The minimum atomic E-state index is -0.655. The lowest BCUT2D eigenvalue weighted by Gasteiger charge is -2.40. The first-order chi connectivity index (χ1) is 12.4. The van der Waals surface area contributed by atoms with Crippen LogP contribution in [0.4, 0.5) is 11.4 Å². The topological polar surface area (TPSA) is 105 Å². The first-order valence-corrected chi connectivity index (χ1v) is 9.95. The Labute approximate surface area is 164 Å². The van der Waals surface area contributed by atoms with Crippen molar-refractivity contribution in [1.29, 1.82) is 0 Å². The summed E-state index contributed by atoms with van der Waals surface area (Å²) in [5, 5.41) is 6.44. The smallest absolute Gasteiger partial charge is 0.367 e. The molecule has 0 radical (unpaired) electrons. The van der Waals surface area contributed by atoms with E-state index in [9.17, 15) is 9.59 Å². The van der Waals surface area contributed by atoms with Crippen LogP contribution in [0.5, 0.6) is 0 Å². The highest BCUT2D eigenvalue weighted by molar-refractivity contribution is 9.11. The van der Waals surface area contributed by atoms with Crippen LogP contribution in [-0.4, -0.2) is 42.5 Å². The van der Waals surface area contributed by atoms with Crippen LogP contribution in [-0.2, 0) is 4.79 Å². The summed E-state index contributed by atoms with van der Waals surface area (Å²) in [6.07, 6.45) is 1.25. The average Bonchev–Trinajstić information content (AvgIpc) is 3.09. The highest BCUT2D eigenvalue weighted by atomic mass is 79.9. The van der Waals surface area contributed by atoms with Gasteiger partial charge in [-0.15, -0.1) is 11.3 Å². The molecule has 1 saturated heterocycles.